The van der Waals surface area contributed by atoms with E-state index in [1.165, 1.54) is 103 Å². The predicted molar refractivity (Wildman–Crippen MR) is 115 cm³/mol. The maximum absolute atomic E-state index is 2.38. The maximum atomic E-state index is 2.38. The minimum absolute atomic E-state index is 0.781. The largest absolute Gasteiger partial charge is 0.0654 e. The van der Waals surface area contributed by atoms with Crippen LogP contribution in [0.1, 0.15) is 143 Å². The SMILES string of the molecule is CCCCCCC(CCCC)C1(C(CCCC)CCCCCC)CC1. The Morgan fingerprint density at radius 3 is 1.16 bits per heavy atom. The summed E-state index contributed by atoms with van der Waals surface area (Å²) >= 11 is 0. The average Bonchev–Trinajstić information content (AvgIpc) is 3.42. The fraction of sp³-hybridized carbons (Fsp3) is 1.00. The molecule has 0 heterocycles. The zero-order valence-corrected chi connectivity index (χ0v) is 18.4. The van der Waals surface area contributed by atoms with Gasteiger partial charge in [0.2, 0.25) is 0 Å². The average molecular weight is 351 g/mol. The normalized spacial score (nSPS) is 18.2. The molecule has 25 heavy (non-hydrogen) atoms. The van der Waals surface area contributed by atoms with Crippen LogP contribution >= 0.6 is 0 Å². The Balaban J connectivity index is 2.63. The molecule has 0 N–H and O–H groups in total. The molecular weight excluding hydrogens is 300 g/mol. The smallest absolute Gasteiger partial charge is 0.0240 e. The van der Waals surface area contributed by atoms with Crippen LogP contribution in [0.3, 0.4) is 0 Å². The lowest BCUT2D eigenvalue weighted by molar-refractivity contribution is 0.147. The van der Waals surface area contributed by atoms with E-state index in [1.54, 1.807) is 12.8 Å². The molecule has 0 spiro atoms. The first-order valence-corrected chi connectivity index (χ1v) is 12.2. The predicted octanol–water partition coefficient (Wildman–Crippen LogP) is 9.32. The zero-order chi connectivity index (χ0) is 18.4. The van der Waals surface area contributed by atoms with Crippen molar-refractivity contribution in [3.05, 3.63) is 0 Å². The quantitative estimate of drug-likeness (QED) is 0.216. The summed E-state index contributed by atoms with van der Waals surface area (Å²) in [6, 6.07) is 0. The van der Waals surface area contributed by atoms with Gasteiger partial charge in [-0.25, -0.2) is 0 Å². The van der Waals surface area contributed by atoms with E-state index in [1.807, 2.05) is 0 Å². The topological polar surface area (TPSA) is 0 Å². The van der Waals surface area contributed by atoms with Gasteiger partial charge in [-0.05, 0) is 55.8 Å². The first-order valence-electron chi connectivity index (χ1n) is 12.2. The molecule has 0 heteroatoms. The molecule has 1 saturated carbocycles. The lowest BCUT2D eigenvalue weighted by atomic mass is 9.70. The highest BCUT2D eigenvalue weighted by Gasteiger charge is 2.52. The van der Waals surface area contributed by atoms with Gasteiger partial charge < -0.3 is 0 Å². The summed E-state index contributed by atoms with van der Waals surface area (Å²) in [5, 5.41) is 0. The van der Waals surface area contributed by atoms with Crippen molar-refractivity contribution in [2.24, 2.45) is 17.3 Å². The highest BCUT2D eigenvalue weighted by Crippen LogP contribution is 2.62. The van der Waals surface area contributed by atoms with Crippen LogP contribution in [0.25, 0.3) is 0 Å². The molecule has 0 aromatic carbocycles. The Labute approximate surface area is 160 Å². The van der Waals surface area contributed by atoms with Crippen molar-refractivity contribution in [1.82, 2.24) is 0 Å². The second-order valence-corrected chi connectivity index (χ2v) is 9.11. The highest BCUT2D eigenvalue weighted by molar-refractivity contribution is 5.02. The molecular formula is C25H50. The standard InChI is InChI=1S/C25H50/c1-5-9-13-15-19-23(17-11-7-3)25(21-22-25)24(18-12-8-4)20-16-14-10-6-2/h23-24H,5-22H2,1-4H3. The maximum Gasteiger partial charge on any atom is -0.0240 e. The van der Waals surface area contributed by atoms with E-state index in [-0.39, 0.29) is 0 Å². The summed E-state index contributed by atoms with van der Waals surface area (Å²) in [6.07, 6.45) is 26.6. The van der Waals surface area contributed by atoms with Gasteiger partial charge in [-0.1, -0.05) is 105 Å². The summed E-state index contributed by atoms with van der Waals surface area (Å²) in [5.74, 6) is 2.11. The van der Waals surface area contributed by atoms with Crippen molar-refractivity contribution in [1.29, 1.82) is 0 Å². The van der Waals surface area contributed by atoms with Gasteiger partial charge in [0.25, 0.3) is 0 Å². The van der Waals surface area contributed by atoms with E-state index in [0.717, 1.165) is 17.3 Å². The minimum Gasteiger partial charge on any atom is -0.0654 e. The van der Waals surface area contributed by atoms with E-state index in [2.05, 4.69) is 27.7 Å². The molecule has 0 aliphatic heterocycles. The zero-order valence-electron chi connectivity index (χ0n) is 18.4. The number of unbranched alkanes of at least 4 members (excludes halogenated alkanes) is 8. The van der Waals surface area contributed by atoms with Gasteiger partial charge in [0.1, 0.15) is 0 Å². The molecule has 1 rings (SSSR count). The second-order valence-electron chi connectivity index (χ2n) is 9.11. The van der Waals surface area contributed by atoms with Crippen LogP contribution in [0, 0.1) is 17.3 Å². The summed E-state index contributed by atoms with van der Waals surface area (Å²) in [6.45, 7) is 9.45. The van der Waals surface area contributed by atoms with Crippen molar-refractivity contribution >= 4 is 0 Å². The summed E-state index contributed by atoms with van der Waals surface area (Å²) in [5.41, 5.74) is 0.781. The van der Waals surface area contributed by atoms with Gasteiger partial charge in [-0.2, -0.15) is 0 Å². The summed E-state index contributed by atoms with van der Waals surface area (Å²) in [4.78, 5) is 0. The van der Waals surface area contributed by atoms with Gasteiger partial charge in [-0.15, -0.1) is 0 Å². The summed E-state index contributed by atoms with van der Waals surface area (Å²) in [7, 11) is 0. The number of rotatable bonds is 18. The third kappa shape index (κ3) is 8.49. The third-order valence-corrected chi connectivity index (χ3v) is 7.08. The monoisotopic (exact) mass is 350 g/mol. The second kappa shape index (κ2) is 14.1. The molecule has 1 aliphatic carbocycles. The van der Waals surface area contributed by atoms with Gasteiger partial charge in [0.05, 0.1) is 0 Å². The first kappa shape index (κ1) is 23.0. The van der Waals surface area contributed by atoms with Crippen LogP contribution in [0.2, 0.25) is 0 Å². The molecule has 2 unspecified atom stereocenters. The van der Waals surface area contributed by atoms with E-state index in [4.69, 9.17) is 0 Å². The Hall–Kier alpha value is 0. The number of hydrogen-bond acceptors (Lipinski definition) is 0. The van der Waals surface area contributed by atoms with Crippen LogP contribution < -0.4 is 0 Å². The molecule has 2 atom stereocenters. The number of hydrogen-bond donors (Lipinski definition) is 0. The van der Waals surface area contributed by atoms with Crippen LogP contribution in [-0.4, -0.2) is 0 Å². The Morgan fingerprint density at radius 2 is 0.840 bits per heavy atom. The molecule has 1 fully saturated rings. The molecule has 0 saturated heterocycles. The van der Waals surface area contributed by atoms with Gasteiger partial charge in [-0.3, -0.25) is 0 Å². The Kier molecular flexibility index (Phi) is 13.0. The summed E-state index contributed by atoms with van der Waals surface area (Å²) < 4.78 is 0. The van der Waals surface area contributed by atoms with E-state index >= 15 is 0 Å². The molecule has 0 amide bonds. The molecule has 1 aliphatic rings. The van der Waals surface area contributed by atoms with Crippen LogP contribution in [0.4, 0.5) is 0 Å². The van der Waals surface area contributed by atoms with Gasteiger partial charge in [0, 0.05) is 0 Å². The van der Waals surface area contributed by atoms with Crippen LogP contribution in [0.15, 0.2) is 0 Å². The van der Waals surface area contributed by atoms with Crippen LogP contribution in [-0.2, 0) is 0 Å². The Morgan fingerprint density at radius 1 is 0.480 bits per heavy atom. The minimum atomic E-state index is 0.781. The molecule has 0 nitrogen and oxygen atoms in total. The molecule has 0 aromatic rings. The first-order chi connectivity index (χ1) is 12.2. The van der Waals surface area contributed by atoms with Crippen molar-refractivity contribution < 1.29 is 0 Å². The molecule has 0 aromatic heterocycles. The molecule has 150 valence electrons. The van der Waals surface area contributed by atoms with E-state index in [0.29, 0.717) is 0 Å². The third-order valence-electron chi connectivity index (χ3n) is 7.08. The Bertz CT molecular complexity index is 262. The highest BCUT2D eigenvalue weighted by atomic mass is 14.6. The van der Waals surface area contributed by atoms with Crippen molar-refractivity contribution in [3.63, 3.8) is 0 Å². The van der Waals surface area contributed by atoms with Crippen LogP contribution in [0.5, 0.6) is 0 Å². The molecule has 0 radical (unpaired) electrons. The van der Waals surface area contributed by atoms with Gasteiger partial charge in [0.15, 0.2) is 0 Å². The fourth-order valence-corrected chi connectivity index (χ4v) is 5.27. The van der Waals surface area contributed by atoms with Gasteiger partial charge >= 0.3 is 0 Å². The van der Waals surface area contributed by atoms with Crippen molar-refractivity contribution in [2.45, 2.75) is 143 Å². The van der Waals surface area contributed by atoms with Crippen molar-refractivity contribution in [2.75, 3.05) is 0 Å². The molecule has 0 bridgehead atoms. The lowest BCUT2D eigenvalue weighted by Crippen LogP contribution is -2.26. The van der Waals surface area contributed by atoms with E-state index in [9.17, 15) is 0 Å². The van der Waals surface area contributed by atoms with E-state index < -0.39 is 0 Å². The van der Waals surface area contributed by atoms with Crippen molar-refractivity contribution in [3.8, 4) is 0 Å². The lowest BCUT2D eigenvalue weighted by Gasteiger charge is -2.35. The fourth-order valence-electron chi connectivity index (χ4n) is 5.27.